The van der Waals surface area contributed by atoms with Crippen molar-refractivity contribution in [3.05, 3.63) is 70.9 Å². The number of para-hydroxylation sites is 2. The quantitative estimate of drug-likeness (QED) is 0.348. The van der Waals surface area contributed by atoms with Gasteiger partial charge in [0.15, 0.2) is 11.6 Å². The average Bonchev–Trinajstić information content (AvgIpc) is 3.21. The molecule has 2 heterocycles. The summed E-state index contributed by atoms with van der Waals surface area (Å²) < 4.78 is 65.4. The summed E-state index contributed by atoms with van der Waals surface area (Å²) in [6, 6.07) is 10.5. The minimum Gasteiger partial charge on any atom is -0.401 e. The van der Waals surface area contributed by atoms with Crippen LogP contribution >= 0.6 is 0 Å². The van der Waals surface area contributed by atoms with Crippen molar-refractivity contribution >= 4 is 22.9 Å². The zero-order valence-electron chi connectivity index (χ0n) is 18.6. The highest BCUT2D eigenvalue weighted by Gasteiger charge is 2.33. The van der Waals surface area contributed by atoms with E-state index in [0.29, 0.717) is 29.4 Å². The van der Waals surface area contributed by atoms with E-state index in [0.717, 1.165) is 12.1 Å². The Labute approximate surface area is 198 Å². The fourth-order valence-electron chi connectivity index (χ4n) is 4.26. The lowest BCUT2D eigenvalue weighted by atomic mass is 9.88. The van der Waals surface area contributed by atoms with Gasteiger partial charge < -0.3 is 10.7 Å². The maximum atomic E-state index is 13.8. The second kappa shape index (κ2) is 10.0. The number of amides is 1. The Balaban J connectivity index is 1.58. The number of nitrogens with zero attached hydrogens (tertiary/aromatic N) is 2. The molecule has 0 aliphatic carbocycles. The zero-order chi connectivity index (χ0) is 25.2. The van der Waals surface area contributed by atoms with Crippen LogP contribution in [0.1, 0.15) is 18.4 Å². The molecule has 0 unspecified atom stereocenters. The molecule has 1 fully saturated rings. The molecule has 3 aromatic rings. The number of nitrogens with one attached hydrogen (secondary N) is 2. The maximum absolute atomic E-state index is 13.8. The van der Waals surface area contributed by atoms with Crippen LogP contribution in [0.5, 0.6) is 0 Å². The third-order valence-electron chi connectivity index (χ3n) is 6.04. The summed E-state index contributed by atoms with van der Waals surface area (Å²) in [5.41, 5.74) is 8.41. The van der Waals surface area contributed by atoms with Crippen LogP contribution in [0.15, 0.2) is 53.7 Å². The number of fused-ring (bicyclic) bond motifs is 1. The van der Waals surface area contributed by atoms with Gasteiger partial charge in [-0.3, -0.25) is 15.0 Å². The van der Waals surface area contributed by atoms with Gasteiger partial charge >= 0.3 is 6.18 Å². The highest BCUT2D eigenvalue weighted by Crippen LogP contribution is 2.28. The molecule has 0 radical (unpaired) electrons. The van der Waals surface area contributed by atoms with Gasteiger partial charge in [-0.2, -0.15) is 13.2 Å². The standard InChI is InChI=1S/C24H24F5N5O/c25-17-6-5-14(12-18(17)26)11-16(21(30)15-7-9-34(10-8-15)13-24(27,28)29)22(35)33-23-31-19-3-1-2-4-20(19)32-23/h1-6,12,15H,7-11,13,30H2,(H2,31,32,33,35)/b21-16-. The number of hydrogen-bond donors (Lipinski definition) is 3. The number of benzene rings is 2. The summed E-state index contributed by atoms with van der Waals surface area (Å²) in [5, 5.41) is 2.67. The molecular weight excluding hydrogens is 469 g/mol. The van der Waals surface area contributed by atoms with Crippen molar-refractivity contribution in [3.8, 4) is 0 Å². The molecule has 1 saturated heterocycles. The van der Waals surface area contributed by atoms with Gasteiger partial charge in [0.05, 0.1) is 17.6 Å². The molecule has 4 rings (SSSR count). The molecule has 11 heteroatoms. The first kappa shape index (κ1) is 24.6. The number of aromatic amines is 1. The van der Waals surface area contributed by atoms with E-state index in [1.807, 2.05) is 6.07 Å². The van der Waals surface area contributed by atoms with Crippen LogP contribution in [0.25, 0.3) is 11.0 Å². The van der Waals surface area contributed by atoms with Crippen LogP contribution in [0.3, 0.4) is 0 Å². The molecular formula is C24H24F5N5O. The summed E-state index contributed by atoms with van der Waals surface area (Å²) in [4.78, 5) is 21.8. The van der Waals surface area contributed by atoms with Crippen molar-refractivity contribution in [1.82, 2.24) is 14.9 Å². The predicted molar refractivity (Wildman–Crippen MR) is 121 cm³/mol. The topological polar surface area (TPSA) is 87.0 Å². The van der Waals surface area contributed by atoms with E-state index in [4.69, 9.17) is 5.73 Å². The monoisotopic (exact) mass is 493 g/mol. The first-order valence-corrected chi connectivity index (χ1v) is 11.1. The number of imidazole rings is 1. The molecule has 4 N–H and O–H groups in total. The van der Waals surface area contributed by atoms with Crippen LogP contribution in [0.2, 0.25) is 0 Å². The summed E-state index contributed by atoms with van der Waals surface area (Å²) in [7, 11) is 0. The normalized spacial score (nSPS) is 16.4. The lowest BCUT2D eigenvalue weighted by Gasteiger charge is -2.33. The molecule has 1 amide bonds. The lowest BCUT2D eigenvalue weighted by molar-refractivity contribution is -0.148. The molecule has 1 aromatic heterocycles. The van der Waals surface area contributed by atoms with E-state index in [-0.39, 0.29) is 42.6 Å². The third-order valence-corrected chi connectivity index (χ3v) is 6.04. The SMILES string of the molecule is N/C(=C(/Cc1ccc(F)c(F)c1)C(=O)Nc1nc2ccccc2[nH]1)C1CCN(CC(F)(F)F)CC1. The molecule has 0 atom stereocenters. The second-order valence-corrected chi connectivity index (χ2v) is 8.58. The van der Waals surface area contributed by atoms with Crippen LogP contribution in [0, 0.1) is 17.6 Å². The van der Waals surface area contributed by atoms with E-state index in [2.05, 4.69) is 15.3 Å². The number of carbonyl (C=O) groups is 1. The van der Waals surface area contributed by atoms with Gasteiger partial charge in [0.25, 0.3) is 5.91 Å². The molecule has 1 aliphatic heterocycles. The first-order chi connectivity index (χ1) is 16.6. The molecule has 6 nitrogen and oxygen atoms in total. The number of carbonyl (C=O) groups excluding carboxylic acids is 1. The highest BCUT2D eigenvalue weighted by atomic mass is 19.4. The van der Waals surface area contributed by atoms with Gasteiger partial charge in [-0.15, -0.1) is 0 Å². The van der Waals surface area contributed by atoms with Crippen molar-refractivity contribution in [1.29, 1.82) is 0 Å². The van der Waals surface area contributed by atoms with Gasteiger partial charge in [0.2, 0.25) is 5.95 Å². The van der Waals surface area contributed by atoms with Crippen LogP contribution in [0.4, 0.5) is 27.9 Å². The van der Waals surface area contributed by atoms with Crippen molar-refractivity contribution in [3.63, 3.8) is 0 Å². The van der Waals surface area contributed by atoms with Crippen molar-refractivity contribution in [2.45, 2.75) is 25.4 Å². The minimum atomic E-state index is -4.29. The number of anilines is 1. The Morgan fingerprint density at radius 1 is 1.11 bits per heavy atom. The Kier molecular flexibility index (Phi) is 7.06. The minimum absolute atomic E-state index is 0.0855. The first-order valence-electron chi connectivity index (χ1n) is 11.1. The smallest absolute Gasteiger partial charge is 0.401 e. The molecule has 35 heavy (non-hydrogen) atoms. The second-order valence-electron chi connectivity index (χ2n) is 8.58. The van der Waals surface area contributed by atoms with Crippen molar-refractivity contribution in [2.24, 2.45) is 11.7 Å². The van der Waals surface area contributed by atoms with E-state index in [9.17, 15) is 26.7 Å². The number of piperidine rings is 1. The van der Waals surface area contributed by atoms with E-state index in [1.54, 1.807) is 18.2 Å². The number of likely N-dealkylation sites (tertiary alicyclic amines) is 1. The van der Waals surface area contributed by atoms with E-state index in [1.165, 1.54) is 11.0 Å². The number of aromatic nitrogens is 2. The van der Waals surface area contributed by atoms with Crippen LogP contribution < -0.4 is 11.1 Å². The number of alkyl halides is 3. The van der Waals surface area contributed by atoms with Crippen LogP contribution in [-0.4, -0.2) is 46.6 Å². The Hall–Kier alpha value is -3.47. The fraction of sp³-hybridized carbons (Fsp3) is 0.333. The lowest BCUT2D eigenvalue weighted by Crippen LogP contribution is -2.41. The summed E-state index contributed by atoms with van der Waals surface area (Å²) in [5.74, 6) is -2.80. The van der Waals surface area contributed by atoms with E-state index >= 15 is 0 Å². The third kappa shape index (κ3) is 6.16. The predicted octanol–water partition coefficient (Wildman–Crippen LogP) is 4.51. The Morgan fingerprint density at radius 2 is 1.83 bits per heavy atom. The van der Waals surface area contributed by atoms with Gasteiger partial charge in [0.1, 0.15) is 0 Å². The number of nitrogens with two attached hydrogens (primary N) is 1. The van der Waals surface area contributed by atoms with Crippen LogP contribution in [-0.2, 0) is 11.2 Å². The number of halogens is 5. The molecule has 1 aliphatic rings. The van der Waals surface area contributed by atoms with E-state index < -0.39 is 30.3 Å². The van der Waals surface area contributed by atoms with Crippen molar-refractivity contribution in [2.75, 3.05) is 25.0 Å². The molecule has 186 valence electrons. The number of rotatable bonds is 6. The Morgan fingerprint density at radius 3 is 2.49 bits per heavy atom. The summed E-state index contributed by atoms with van der Waals surface area (Å²) in [6.07, 6.45) is -3.71. The van der Waals surface area contributed by atoms with Gasteiger partial charge in [-0.25, -0.2) is 13.8 Å². The van der Waals surface area contributed by atoms with Crippen molar-refractivity contribution < 1.29 is 26.7 Å². The largest absolute Gasteiger partial charge is 0.401 e. The number of hydrogen-bond acceptors (Lipinski definition) is 4. The molecule has 2 aromatic carbocycles. The molecule has 0 spiro atoms. The van der Waals surface area contributed by atoms with Gasteiger partial charge in [-0.05, 0) is 55.8 Å². The number of allylic oxidation sites excluding steroid dienone is 1. The maximum Gasteiger partial charge on any atom is 0.401 e. The summed E-state index contributed by atoms with van der Waals surface area (Å²) in [6.45, 7) is -0.652. The molecule has 0 bridgehead atoms. The number of H-pyrrole nitrogens is 1. The fourth-order valence-corrected chi connectivity index (χ4v) is 4.26. The highest BCUT2D eigenvalue weighted by molar-refractivity contribution is 6.04. The molecule has 0 saturated carbocycles. The summed E-state index contributed by atoms with van der Waals surface area (Å²) >= 11 is 0. The zero-order valence-corrected chi connectivity index (χ0v) is 18.6. The Bertz CT molecular complexity index is 1210. The average molecular weight is 493 g/mol. The van der Waals surface area contributed by atoms with Gasteiger partial charge in [0, 0.05) is 23.6 Å². The van der Waals surface area contributed by atoms with Gasteiger partial charge in [-0.1, -0.05) is 18.2 Å².